The number of carbonyl (C=O) groups is 3. The van der Waals surface area contributed by atoms with Crippen LogP contribution in [0.25, 0.3) is 10.9 Å². The fraction of sp³-hybridized carbons (Fsp3) is 0.320. The Kier molecular flexibility index (Phi) is 9.12. The van der Waals surface area contributed by atoms with Crippen molar-refractivity contribution in [1.29, 1.82) is 0 Å². The van der Waals surface area contributed by atoms with E-state index < -0.39 is 35.9 Å². The van der Waals surface area contributed by atoms with Gasteiger partial charge in [-0.3, -0.25) is 9.59 Å². The molecule has 0 aliphatic heterocycles. The van der Waals surface area contributed by atoms with Crippen molar-refractivity contribution in [3.8, 4) is 0 Å². The van der Waals surface area contributed by atoms with E-state index in [9.17, 15) is 19.5 Å². The third kappa shape index (κ3) is 6.85. The van der Waals surface area contributed by atoms with Gasteiger partial charge < -0.3 is 26.5 Å². The second kappa shape index (κ2) is 12.2. The van der Waals surface area contributed by atoms with Crippen LogP contribution in [0.5, 0.6) is 0 Å². The maximum Gasteiger partial charge on any atom is 0.326 e. The Morgan fingerprint density at radius 3 is 2.35 bits per heavy atom. The summed E-state index contributed by atoms with van der Waals surface area (Å²) in [7, 11) is 0. The summed E-state index contributed by atoms with van der Waals surface area (Å²) in [6.07, 6.45) is 4.45. The Morgan fingerprint density at radius 1 is 0.971 bits per heavy atom. The fourth-order valence-corrected chi connectivity index (χ4v) is 4.21. The zero-order valence-electron chi connectivity index (χ0n) is 19.0. The van der Waals surface area contributed by atoms with E-state index in [2.05, 4.69) is 15.6 Å². The molecule has 0 radical (unpaired) electrons. The molecular weight excluding hydrogens is 452 g/mol. The Balaban J connectivity index is 1.78. The Morgan fingerprint density at radius 2 is 1.65 bits per heavy atom. The standard InChI is InChI=1S/C25H30N4O4S/c1-34-12-11-21(25(32)33)28-24(31)22(14-17-15-27-20-10-6-5-9-18(17)20)29-23(30)19(26)13-16-7-3-2-4-8-16/h2-10,15,19,21-22,27H,11-14,26H2,1H3,(H,28,31)(H,29,30)(H,32,33). The largest absolute Gasteiger partial charge is 0.480 e. The lowest BCUT2D eigenvalue weighted by molar-refractivity contribution is -0.142. The maximum atomic E-state index is 13.2. The van der Waals surface area contributed by atoms with E-state index in [1.54, 1.807) is 6.20 Å². The van der Waals surface area contributed by atoms with E-state index in [1.807, 2.05) is 60.9 Å². The predicted molar refractivity (Wildman–Crippen MR) is 135 cm³/mol. The number of benzene rings is 2. The van der Waals surface area contributed by atoms with E-state index in [0.29, 0.717) is 12.2 Å². The van der Waals surface area contributed by atoms with E-state index >= 15 is 0 Å². The predicted octanol–water partition coefficient (Wildman–Crippen LogP) is 2.09. The number of thioether (sulfide) groups is 1. The fourth-order valence-electron chi connectivity index (χ4n) is 3.73. The second-order valence-electron chi connectivity index (χ2n) is 8.10. The lowest BCUT2D eigenvalue weighted by Crippen LogP contribution is -2.55. The molecule has 3 atom stereocenters. The van der Waals surface area contributed by atoms with Gasteiger partial charge in [0, 0.05) is 23.5 Å². The van der Waals surface area contributed by atoms with Crippen LogP contribution in [0.15, 0.2) is 60.8 Å². The number of nitrogens with one attached hydrogen (secondary N) is 3. The number of hydrogen-bond acceptors (Lipinski definition) is 5. The van der Waals surface area contributed by atoms with E-state index in [-0.39, 0.29) is 12.8 Å². The molecule has 2 amide bonds. The number of carboxylic acids is 1. The molecule has 0 aliphatic carbocycles. The monoisotopic (exact) mass is 482 g/mol. The van der Waals surface area contributed by atoms with Crippen LogP contribution in [0.1, 0.15) is 17.5 Å². The number of rotatable bonds is 12. The molecule has 6 N–H and O–H groups in total. The molecule has 0 aliphatic rings. The lowest BCUT2D eigenvalue weighted by atomic mass is 10.0. The van der Waals surface area contributed by atoms with Gasteiger partial charge in [-0.1, -0.05) is 48.5 Å². The van der Waals surface area contributed by atoms with E-state index in [0.717, 1.165) is 22.0 Å². The molecule has 0 bridgehead atoms. The van der Waals surface area contributed by atoms with Crippen LogP contribution >= 0.6 is 11.8 Å². The average Bonchev–Trinajstić information content (AvgIpc) is 3.24. The molecule has 3 aromatic rings. The summed E-state index contributed by atoms with van der Waals surface area (Å²) < 4.78 is 0. The number of aromatic nitrogens is 1. The molecule has 180 valence electrons. The summed E-state index contributed by atoms with van der Waals surface area (Å²) in [5.74, 6) is -1.56. The van der Waals surface area contributed by atoms with Gasteiger partial charge in [-0.05, 0) is 42.0 Å². The van der Waals surface area contributed by atoms with Crippen LogP contribution in [0.2, 0.25) is 0 Å². The molecule has 9 heteroatoms. The highest BCUT2D eigenvalue weighted by atomic mass is 32.2. The highest BCUT2D eigenvalue weighted by Gasteiger charge is 2.28. The first-order valence-corrected chi connectivity index (χ1v) is 12.5. The average molecular weight is 483 g/mol. The number of H-pyrrole nitrogens is 1. The summed E-state index contributed by atoms with van der Waals surface area (Å²) >= 11 is 1.50. The molecular formula is C25H30N4O4S. The number of fused-ring (bicyclic) bond motifs is 1. The molecule has 0 saturated carbocycles. The summed E-state index contributed by atoms with van der Waals surface area (Å²) in [6, 6.07) is 14.2. The van der Waals surface area contributed by atoms with Crippen LogP contribution in [0.3, 0.4) is 0 Å². The molecule has 34 heavy (non-hydrogen) atoms. The minimum atomic E-state index is -1.11. The molecule has 2 aromatic carbocycles. The minimum absolute atomic E-state index is 0.189. The van der Waals surface area contributed by atoms with Crippen LogP contribution in [0, 0.1) is 0 Å². The van der Waals surface area contributed by atoms with Crippen molar-refractivity contribution in [3.63, 3.8) is 0 Å². The number of para-hydroxylation sites is 1. The highest BCUT2D eigenvalue weighted by molar-refractivity contribution is 7.98. The first-order chi connectivity index (χ1) is 16.4. The second-order valence-corrected chi connectivity index (χ2v) is 9.09. The van der Waals surface area contributed by atoms with Crippen LogP contribution in [-0.4, -0.2) is 58.0 Å². The molecule has 1 heterocycles. The van der Waals surface area contributed by atoms with Gasteiger partial charge in [-0.15, -0.1) is 0 Å². The molecule has 3 rings (SSSR count). The Labute approximate surface area is 202 Å². The Hall–Kier alpha value is -3.30. The van der Waals surface area contributed by atoms with Crippen molar-refractivity contribution in [2.75, 3.05) is 12.0 Å². The smallest absolute Gasteiger partial charge is 0.326 e. The molecule has 1 aromatic heterocycles. The number of aromatic amines is 1. The highest BCUT2D eigenvalue weighted by Crippen LogP contribution is 2.19. The van der Waals surface area contributed by atoms with Crippen LogP contribution in [-0.2, 0) is 27.2 Å². The van der Waals surface area contributed by atoms with E-state index in [1.165, 1.54) is 11.8 Å². The quantitative estimate of drug-likeness (QED) is 0.268. The first-order valence-electron chi connectivity index (χ1n) is 11.1. The van der Waals surface area contributed by atoms with Crippen molar-refractivity contribution in [1.82, 2.24) is 15.6 Å². The molecule has 8 nitrogen and oxygen atoms in total. The topological polar surface area (TPSA) is 137 Å². The van der Waals surface area contributed by atoms with Gasteiger partial charge in [-0.25, -0.2) is 4.79 Å². The van der Waals surface area contributed by atoms with Crippen molar-refractivity contribution < 1.29 is 19.5 Å². The maximum absolute atomic E-state index is 13.2. The van der Waals surface area contributed by atoms with Crippen molar-refractivity contribution in [2.24, 2.45) is 5.73 Å². The van der Waals surface area contributed by atoms with Crippen molar-refractivity contribution >= 4 is 40.4 Å². The lowest BCUT2D eigenvalue weighted by Gasteiger charge is -2.23. The minimum Gasteiger partial charge on any atom is -0.480 e. The van der Waals surface area contributed by atoms with Gasteiger partial charge in [0.2, 0.25) is 11.8 Å². The van der Waals surface area contributed by atoms with Gasteiger partial charge in [-0.2, -0.15) is 11.8 Å². The summed E-state index contributed by atoms with van der Waals surface area (Å²) in [6.45, 7) is 0. The van der Waals surface area contributed by atoms with E-state index in [4.69, 9.17) is 5.73 Å². The van der Waals surface area contributed by atoms with Gasteiger partial charge in [0.15, 0.2) is 0 Å². The zero-order valence-corrected chi connectivity index (χ0v) is 19.8. The molecule has 0 fully saturated rings. The molecule has 3 unspecified atom stereocenters. The number of hydrogen-bond donors (Lipinski definition) is 5. The summed E-state index contributed by atoms with van der Waals surface area (Å²) in [4.78, 5) is 40.9. The third-order valence-corrected chi connectivity index (χ3v) is 6.24. The van der Waals surface area contributed by atoms with Gasteiger partial charge in [0.25, 0.3) is 0 Å². The normalized spacial score (nSPS) is 13.7. The number of nitrogens with two attached hydrogens (primary N) is 1. The SMILES string of the molecule is CSCCC(NC(=O)C(Cc1c[nH]c2ccccc12)NC(=O)C(N)Cc1ccccc1)C(=O)O. The summed E-state index contributed by atoms with van der Waals surface area (Å²) in [5.41, 5.74) is 8.78. The number of aliphatic carboxylic acids is 1. The van der Waals surface area contributed by atoms with Gasteiger partial charge in [0.05, 0.1) is 6.04 Å². The van der Waals surface area contributed by atoms with Crippen LogP contribution < -0.4 is 16.4 Å². The zero-order chi connectivity index (χ0) is 24.5. The number of carbonyl (C=O) groups excluding carboxylic acids is 2. The van der Waals surface area contributed by atoms with Crippen molar-refractivity contribution in [2.45, 2.75) is 37.4 Å². The first kappa shape index (κ1) is 25.3. The van der Waals surface area contributed by atoms with Crippen molar-refractivity contribution in [3.05, 3.63) is 71.9 Å². The van der Waals surface area contributed by atoms with Gasteiger partial charge in [0.1, 0.15) is 12.1 Å². The van der Waals surface area contributed by atoms with Crippen LogP contribution in [0.4, 0.5) is 0 Å². The third-order valence-electron chi connectivity index (χ3n) is 5.59. The number of amides is 2. The summed E-state index contributed by atoms with van der Waals surface area (Å²) in [5, 5.41) is 15.8. The molecule has 0 saturated heterocycles. The number of carboxylic acid groups (broad SMARTS) is 1. The Bertz CT molecular complexity index is 1120. The molecule has 0 spiro atoms. The van der Waals surface area contributed by atoms with Gasteiger partial charge >= 0.3 is 5.97 Å².